The van der Waals surface area contributed by atoms with Crippen LogP contribution in [0.2, 0.25) is 15.2 Å². The van der Waals surface area contributed by atoms with Crippen LogP contribution in [0.4, 0.5) is 35.1 Å². The monoisotopic (exact) mass is 1050 g/mol. The van der Waals surface area contributed by atoms with E-state index in [1.54, 1.807) is 0 Å². The molecule has 2 N–H and O–H groups in total. The van der Waals surface area contributed by atoms with Gasteiger partial charge in [0.25, 0.3) is 0 Å². The summed E-state index contributed by atoms with van der Waals surface area (Å²) >= 11 is 16.0. The molecule has 2 heterocycles. The van der Waals surface area contributed by atoms with E-state index >= 15 is 0 Å². The van der Waals surface area contributed by atoms with Gasteiger partial charge in [-0.1, -0.05) is 66.6 Å². The van der Waals surface area contributed by atoms with Crippen LogP contribution in [0.15, 0.2) is 60.7 Å². The van der Waals surface area contributed by atoms with Gasteiger partial charge in [0.15, 0.2) is 11.4 Å². The van der Waals surface area contributed by atoms with Crippen molar-refractivity contribution in [2.24, 2.45) is 0 Å². The zero-order valence-corrected chi connectivity index (χ0v) is 38.8. The van der Waals surface area contributed by atoms with Crippen LogP contribution < -0.4 is 14.9 Å². The molecule has 0 aliphatic carbocycles. The normalized spacial score (nSPS) is 12.2. The molecule has 6 nitrogen and oxygen atoms in total. The fraction of sp³-hybridized carbons (Fsp3) is 0.154. The molecule has 53 heavy (non-hydrogen) atoms. The van der Waals surface area contributed by atoms with E-state index in [1.807, 2.05) is 0 Å². The van der Waals surface area contributed by atoms with E-state index in [9.17, 15) is 35.1 Å². The molecule has 296 valence electrons. The van der Waals surface area contributed by atoms with Crippen molar-refractivity contribution in [2.45, 2.75) is 12.4 Å². The van der Waals surface area contributed by atoms with Gasteiger partial charge in [-0.3, -0.25) is 0 Å². The van der Waals surface area contributed by atoms with E-state index in [1.165, 1.54) is 66.5 Å². The van der Waals surface area contributed by atoms with Gasteiger partial charge in [-0.2, -0.15) is 26.3 Å². The smallest absolute Gasteiger partial charge is 0.491 e. The second kappa shape index (κ2) is 26.7. The molecule has 0 amide bonds. The van der Waals surface area contributed by atoms with Gasteiger partial charge in [0, 0.05) is 31.4 Å². The molecule has 8 atom stereocenters. The fourth-order valence-corrected chi connectivity index (χ4v) is 34.0. The van der Waals surface area contributed by atoms with Crippen molar-refractivity contribution in [3.63, 3.8) is 0 Å². The second-order valence-corrected chi connectivity index (χ2v) is 33.1. The van der Waals surface area contributed by atoms with E-state index in [4.69, 9.17) is 54.3 Å². The summed E-state index contributed by atoms with van der Waals surface area (Å²) in [6.07, 6.45) is -9.26. The maximum absolute atomic E-state index is 13.7. The fourth-order valence-electron chi connectivity index (χ4n) is 3.21. The summed E-state index contributed by atoms with van der Waals surface area (Å²) in [6, 6.07) is 12.0. The SMILES string of the molecule is COc1ccc(F)c(-c2ccc(Cl)c(C(F)(F)F)n2)c1.COc1ccc(F)c(B(O)O)c1.FC(F)(F)c1nc(Cl)ccc1Cl.PPPPP(P)PP.[Pd]. The number of hydrogen-bond acceptors (Lipinski definition) is 6. The molecular weight excluding hydrogens is 1030 g/mol. The zero-order valence-electron chi connectivity index (χ0n) is 26.6. The van der Waals surface area contributed by atoms with Crippen LogP contribution in [0.3, 0.4) is 0 Å². The Labute approximate surface area is 344 Å². The topological polar surface area (TPSA) is 84.7 Å². The standard InChI is InChI=1S/C13H8ClF4NO.C7H8BFO3.C6H2Cl2F3N.H10P8.Pd/c1-20-7-2-4-10(15)8(6-7)11-5-3-9(14)12(19-11)13(16,17)18;1-12-5-2-3-7(9)6(4-5)8(10)11;7-3-1-2-4(8)12-5(3)6(9,10)11;1-4-6-7-8(3)5-2;/h2-6H,1H3;2-4,10-11H,1H3;1-2H;4-7H,1-3H2;. The number of methoxy groups -OCH3 is 2. The Balaban J connectivity index is 0.000000716. The van der Waals surface area contributed by atoms with Gasteiger partial charge in [-0.25, -0.2) is 18.7 Å². The summed E-state index contributed by atoms with van der Waals surface area (Å²) in [6.45, 7) is 0.357. The molecule has 0 spiro atoms. The molecule has 0 fully saturated rings. The van der Waals surface area contributed by atoms with Gasteiger partial charge in [0.1, 0.15) is 28.3 Å². The summed E-state index contributed by atoms with van der Waals surface area (Å²) in [5.41, 5.74) is -2.85. The molecule has 8 unspecified atom stereocenters. The molecular formula is C26H28BCl3F8N2O4P8Pd. The van der Waals surface area contributed by atoms with Crippen molar-refractivity contribution in [3.05, 3.63) is 98.9 Å². The summed E-state index contributed by atoms with van der Waals surface area (Å²) in [4.78, 5) is 6.45. The van der Waals surface area contributed by atoms with Crippen LogP contribution in [-0.4, -0.2) is 41.4 Å². The Hall–Kier alpha value is 0.737. The maximum atomic E-state index is 13.7. The zero-order chi connectivity index (χ0) is 39.8. The minimum absolute atomic E-state index is 0. The molecule has 0 saturated carbocycles. The van der Waals surface area contributed by atoms with Gasteiger partial charge in [-0.15, -0.1) is 26.8 Å². The van der Waals surface area contributed by atoms with Crippen LogP contribution >= 0.6 is 100 Å². The molecule has 4 rings (SSSR count). The summed E-state index contributed by atoms with van der Waals surface area (Å²) in [5.74, 6) is -0.661. The number of pyridine rings is 2. The van der Waals surface area contributed by atoms with E-state index in [0.717, 1.165) is 40.2 Å². The molecule has 2 aromatic carbocycles. The van der Waals surface area contributed by atoms with E-state index in [0.29, 0.717) is 18.5 Å². The van der Waals surface area contributed by atoms with Crippen LogP contribution in [0, 0.1) is 11.6 Å². The quantitative estimate of drug-likeness (QED) is 0.0792. The molecule has 27 heteroatoms. The minimum atomic E-state index is -4.71. The van der Waals surface area contributed by atoms with E-state index < -0.39 is 52.5 Å². The van der Waals surface area contributed by atoms with Crippen LogP contribution in [0.1, 0.15) is 11.4 Å². The number of aromatic nitrogens is 2. The van der Waals surface area contributed by atoms with Gasteiger partial charge in [0.05, 0.1) is 30.0 Å². The molecule has 0 bridgehead atoms. The number of hydrogen-bond donors (Lipinski definition) is 2. The third-order valence-electron chi connectivity index (χ3n) is 5.51. The van der Waals surface area contributed by atoms with E-state index in [-0.39, 0.29) is 42.3 Å². The van der Waals surface area contributed by atoms with Gasteiger partial charge in [0.2, 0.25) is 0 Å². The first kappa shape index (κ1) is 53.7. The number of ether oxygens (including phenoxy) is 2. The molecule has 2 aromatic heterocycles. The third-order valence-corrected chi connectivity index (χ3v) is 37.3. The summed E-state index contributed by atoms with van der Waals surface area (Å²) in [7, 11) is 14.3. The molecule has 0 saturated heterocycles. The van der Waals surface area contributed by atoms with Crippen molar-refractivity contribution in [2.75, 3.05) is 14.2 Å². The van der Waals surface area contributed by atoms with Crippen molar-refractivity contribution in [1.82, 2.24) is 9.97 Å². The molecule has 0 aliphatic rings. The molecule has 0 aliphatic heterocycles. The average molecular weight is 1060 g/mol. The predicted molar refractivity (Wildman–Crippen MR) is 218 cm³/mol. The number of halogens is 11. The Morgan fingerprint density at radius 3 is 1.70 bits per heavy atom. The predicted octanol–water partition coefficient (Wildman–Crippen LogP) is 11.7. The van der Waals surface area contributed by atoms with Crippen molar-refractivity contribution >= 4 is 113 Å². The van der Waals surface area contributed by atoms with Crippen molar-refractivity contribution in [3.8, 4) is 22.8 Å². The van der Waals surface area contributed by atoms with Crippen LogP contribution in [0.5, 0.6) is 11.5 Å². The largest absolute Gasteiger partial charge is 0.497 e. The van der Waals surface area contributed by atoms with Crippen LogP contribution in [-0.2, 0) is 32.8 Å². The second-order valence-electron chi connectivity index (χ2n) is 8.97. The number of alkyl halides is 6. The maximum Gasteiger partial charge on any atom is 0.491 e. The number of rotatable bonds is 8. The Morgan fingerprint density at radius 1 is 0.755 bits per heavy atom. The minimum Gasteiger partial charge on any atom is -0.497 e. The number of benzene rings is 2. The first-order valence-corrected chi connectivity index (χ1v) is 28.7. The van der Waals surface area contributed by atoms with Gasteiger partial charge < -0.3 is 19.5 Å². The summed E-state index contributed by atoms with van der Waals surface area (Å²) in [5, 5.41) is 16.1. The molecule has 4 aromatic rings. The van der Waals surface area contributed by atoms with Crippen molar-refractivity contribution < 1.29 is 75.1 Å². The Kier molecular flexibility index (Phi) is 27.1. The van der Waals surface area contributed by atoms with E-state index in [2.05, 4.69) is 36.8 Å². The Bertz CT molecular complexity index is 1730. The first-order chi connectivity index (χ1) is 24.2. The summed E-state index contributed by atoms with van der Waals surface area (Å²) < 4.78 is 110. The molecule has 0 radical (unpaired) electrons. The third kappa shape index (κ3) is 19.8. The average Bonchev–Trinajstić information content (AvgIpc) is 3.08. The van der Waals surface area contributed by atoms with Gasteiger partial charge in [-0.05, 0) is 67.7 Å². The number of nitrogens with zero attached hydrogens (tertiary/aromatic N) is 2. The Morgan fingerprint density at radius 2 is 1.25 bits per heavy atom. The van der Waals surface area contributed by atoms with Crippen molar-refractivity contribution in [1.29, 1.82) is 0 Å². The van der Waals surface area contributed by atoms with Crippen LogP contribution in [0.25, 0.3) is 11.3 Å². The van der Waals surface area contributed by atoms with Gasteiger partial charge >= 0.3 is 19.5 Å². The first-order valence-electron chi connectivity index (χ1n) is 13.3.